The minimum absolute atomic E-state index is 0.0785. The lowest BCUT2D eigenvalue weighted by Crippen LogP contribution is -2.37. The smallest absolute Gasteiger partial charge is 0.254 e. The summed E-state index contributed by atoms with van der Waals surface area (Å²) in [5.74, 6) is 0.0785. The first-order valence-corrected chi connectivity index (χ1v) is 9.83. The van der Waals surface area contributed by atoms with Crippen molar-refractivity contribution < 1.29 is 4.79 Å². The summed E-state index contributed by atoms with van der Waals surface area (Å²) in [5.41, 5.74) is 7.28. The molecule has 2 nitrogen and oxygen atoms in total. The molecule has 0 bridgehead atoms. The molecular weight excluding hydrogens is 366 g/mol. The molecule has 140 valence electrons. The highest BCUT2D eigenvalue weighted by Gasteiger charge is 2.27. The number of carbonyl (C=O) groups excluding carboxylic acids is 1. The number of benzene rings is 3. The third-order valence-corrected chi connectivity index (χ3v) is 5.76. The molecular formula is C25H22ClNO. The van der Waals surface area contributed by atoms with Crippen LogP contribution in [-0.4, -0.2) is 17.4 Å². The van der Waals surface area contributed by atoms with Crippen molar-refractivity contribution in [3.8, 4) is 11.1 Å². The third kappa shape index (κ3) is 3.48. The van der Waals surface area contributed by atoms with Crippen molar-refractivity contribution in [2.45, 2.75) is 19.9 Å². The summed E-state index contributed by atoms with van der Waals surface area (Å²) >= 11 is 6.14. The van der Waals surface area contributed by atoms with E-state index in [1.807, 2.05) is 54.3 Å². The van der Waals surface area contributed by atoms with Crippen LogP contribution in [0.2, 0.25) is 5.02 Å². The topological polar surface area (TPSA) is 20.3 Å². The van der Waals surface area contributed by atoms with Gasteiger partial charge in [0, 0.05) is 23.7 Å². The Bertz CT molecular complexity index is 1060. The van der Waals surface area contributed by atoms with Gasteiger partial charge in [-0.1, -0.05) is 66.7 Å². The molecule has 1 aliphatic rings. The summed E-state index contributed by atoms with van der Waals surface area (Å²) in [6, 6.07) is 20.3. The summed E-state index contributed by atoms with van der Waals surface area (Å²) in [6.45, 7) is 7.20. The molecule has 0 aromatic heterocycles. The van der Waals surface area contributed by atoms with E-state index in [0.29, 0.717) is 13.1 Å². The average molecular weight is 388 g/mol. The number of aryl methyl sites for hydroxylation is 1. The van der Waals surface area contributed by atoms with Gasteiger partial charge in [0.05, 0.1) is 0 Å². The fourth-order valence-corrected chi connectivity index (χ4v) is 3.96. The zero-order chi connectivity index (χ0) is 19.7. The van der Waals surface area contributed by atoms with E-state index >= 15 is 0 Å². The van der Waals surface area contributed by atoms with Crippen LogP contribution in [0.25, 0.3) is 17.2 Å². The van der Waals surface area contributed by atoms with Crippen LogP contribution in [-0.2, 0) is 13.0 Å². The molecule has 0 fully saturated rings. The molecule has 0 saturated carbocycles. The Kier molecular flexibility index (Phi) is 5.06. The minimum atomic E-state index is 0.0785. The van der Waals surface area contributed by atoms with Crippen LogP contribution < -0.4 is 0 Å². The Morgan fingerprint density at radius 3 is 2.54 bits per heavy atom. The largest absolute Gasteiger partial charge is 0.334 e. The molecule has 0 N–H and O–H groups in total. The van der Waals surface area contributed by atoms with Crippen LogP contribution in [0.4, 0.5) is 0 Å². The highest BCUT2D eigenvalue weighted by atomic mass is 35.5. The molecule has 0 radical (unpaired) electrons. The highest BCUT2D eigenvalue weighted by molar-refractivity contribution is 6.31. The first-order valence-electron chi connectivity index (χ1n) is 9.46. The second-order valence-electron chi connectivity index (χ2n) is 7.22. The fraction of sp³-hybridized carbons (Fsp3) is 0.160. The quantitative estimate of drug-likeness (QED) is 0.525. The minimum Gasteiger partial charge on any atom is -0.334 e. The lowest BCUT2D eigenvalue weighted by molar-refractivity contribution is 0.0727. The van der Waals surface area contributed by atoms with E-state index < -0.39 is 0 Å². The van der Waals surface area contributed by atoms with Crippen LogP contribution in [0.5, 0.6) is 0 Å². The number of hydrogen-bond acceptors (Lipinski definition) is 1. The molecule has 4 rings (SSSR count). The van der Waals surface area contributed by atoms with Crippen LogP contribution >= 0.6 is 11.6 Å². The molecule has 0 aliphatic carbocycles. The molecule has 0 spiro atoms. The number of carbonyl (C=O) groups is 1. The predicted molar refractivity (Wildman–Crippen MR) is 117 cm³/mol. The lowest BCUT2D eigenvalue weighted by atomic mass is 9.88. The molecule has 0 unspecified atom stereocenters. The Morgan fingerprint density at radius 1 is 1.07 bits per heavy atom. The van der Waals surface area contributed by atoms with Crippen molar-refractivity contribution in [2.24, 2.45) is 0 Å². The maximum absolute atomic E-state index is 13.3. The van der Waals surface area contributed by atoms with Gasteiger partial charge in [-0.2, -0.15) is 0 Å². The van der Waals surface area contributed by atoms with Crippen LogP contribution in [0.1, 0.15) is 32.6 Å². The molecule has 3 aromatic carbocycles. The van der Waals surface area contributed by atoms with Crippen molar-refractivity contribution in [1.82, 2.24) is 4.90 Å². The average Bonchev–Trinajstić information content (AvgIpc) is 2.73. The molecule has 1 heterocycles. The first-order chi connectivity index (χ1) is 13.6. The van der Waals surface area contributed by atoms with Gasteiger partial charge in [0.2, 0.25) is 0 Å². The molecule has 28 heavy (non-hydrogen) atoms. The van der Waals surface area contributed by atoms with Crippen molar-refractivity contribution in [3.63, 3.8) is 0 Å². The molecule has 1 amide bonds. The number of halogens is 1. The van der Waals surface area contributed by atoms with Crippen molar-refractivity contribution in [3.05, 3.63) is 100 Å². The van der Waals surface area contributed by atoms with Gasteiger partial charge in [0.1, 0.15) is 0 Å². The van der Waals surface area contributed by atoms with Gasteiger partial charge in [-0.3, -0.25) is 4.79 Å². The van der Waals surface area contributed by atoms with Crippen molar-refractivity contribution in [2.75, 3.05) is 6.54 Å². The zero-order valence-corrected chi connectivity index (χ0v) is 16.7. The predicted octanol–water partition coefficient (Wildman–Crippen LogP) is 6.16. The number of rotatable bonds is 4. The summed E-state index contributed by atoms with van der Waals surface area (Å²) in [6.07, 6.45) is 2.65. The van der Waals surface area contributed by atoms with Gasteiger partial charge in [0.15, 0.2) is 0 Å². The Morgan fingerprint density at radius 2 is 1.82 bits per heavy atom. The monoisotopic (exact) mass is 387 g/mol. The van der Waals surface area contributed by atoms with Crippen LogP contribution in [0.15, 0.2) is 67.2 Å². The molecule has 3 aromatic rings. The Labute approximate surface area is 171 Å². The maximum atomic E-state index is 13.3. The summed E-state index contributed by atoms with van der Waals surface area (Å²) in [7, 11) is 0. The van der Waals surface area contributed by atoms with Crippen molar-refractivity contribution in [1.29, 1.82) is 0 Å². The highest BCUT2D eigenvalue weighted by Crippen LogP contribution is 2.33. The van der Waals surface area contributed by atoms with E-state index in [4.69, 9.17) is 11.6 Å². The number of nitrogens with zero attached hydrogens (tertiary/aromatic N) is 1. The molecule has 3 heteroatoms. The molecule has 0 atom stereocenters. The third-order valence-electron chi connectivity index (χ3n) is 5.34. The van der Waals surface area contributed by atoms with E-state index in [1.54, 1.807) is 0 Å². The zero-order valence-electron chi connectivity index (χ0n) is 15.9. The van der Waals surface area contributed by atoms with E-state index in [2.05, 4.69) is 30.8 Å². The molecule has 1 aliphatic heterocycles. The summed E-state index contributed by atoms with van der Waals surface area (Å²) in [5, 5.41) is 0.752. The number of hydrogen-bond donors (Lipinski definition) is 0. The second kappa shape index (κ2) is 7.65. The normalized spacial score (nSPS) is 13.4. The second-order valence-corrected chi connectivity index (χ2v) is 7.63. The van der Waals surface area contributed by atoms with Gasteiger partial charge in [-0.15, -0.1) is 0 Å². The van der Waals surface area contributed by atoms with E-state index in [9.17, 15) is 4.79 Å². The standard InChI is InChI=1S/C25H22ClNO/c1-3-18-14-22(20-7-5-4-6-8-20)21-11-12-27(25(28)23(21)15-18)16-19-9-10-24(26)17(2)13-19/h3-10,13-15H,1,11-12,16H2,2H3. The van der Waals surface area contributed by atoms with Crippen LogP contribution in [0, 0.1) is 6.92 Å². The molecule has 0 saturated heterocycles. The van der Waals surface area contributed by atoms with Gasteiger partial charge in [-0.05, 0) is 64.9 Å². The van der Waals surface area contributed by atoms with E-state index in [-0.39, 0.29) is 5.91 Å². The first kappa shape index (κ1) is 18.5. The Hall–Kier alpha value is -2.84. The lowest BCUT2D eigenvalue weighted by Gasteiger charge is -2.30. The van der Waals surface area contributed by atoms with Crippen molar-refractivity contribution >= 4 is 23.6 Å². The summed E-state index contributed by atoms with van der Waals surface area (Å²) in [4.78, 5) is 15.2. The van der Waals surface area contributed by atoms with Crippen LogP contribution in [0.3, 0.4) is 0 Å². The SMILES string of the molecule is C=Cc1cc2c(c(-c3ccccc3)c1)CCN(Cc1ccc(Cl)c(C)c1)C2=O. The van der Waals surface area contributed by atoms with Gasteiger partial charge in [0.25, 0.3) is 5.91 Å². The fourth-order valence-electron chi connectivity index (χ4n) is 3.84. The van der Waals surface area contributed by atoms with E-state index in [1.165, 1.54) is 0 Å². The number of fused-ring (bicyclic) bond motifs is 1. The van der Waals surface area contributed by atoms with Gasteiger partial charge < -0.3 is 4.90 Å². The Balaban J connectivity index is 1.71. The number of amides is 1. The summed E-state index contributed by atoms with van der Waals surface area (Å²) < 4.78 is 0. The van der Waals surface area contributed by atoms with Gasteiger partial charge in [-0.25, -0.2) is 0 Å². The van der Waals surface area contributed by atoms with E-state index in [0.717, 1.165) is 50.4 Å². The van der Waals surface area contributed by atoms with Gasteiger partial charge >= 0.3 is 0 Å². The maximum Gasteiger partial charge on any atom is 0.254 e.